The minimum atomic E-state index is 1.13. The summed E-state index contributed by atoms with van der Waals surface area (Å²) in [4.78, 5) is 0. The molecule has 1 radical (unpaired) electrons. The fraction of sp³-hybridized carbons (Fsp3) is 0.600. The summed E-state index contributed by atoms with van der Waals surface area (Å²) in [5, 5.41) is 3.14. The third-order valence-electron chi connectivity index (χ3n) is 1.04. The molecular weight excluding hydrogens is 84.9 g/mol. The molecule has 1 N–H and O–H groups in total. The van der Waals surface area contributed by atoms with Crippen molar-refractivity contribution in [1.29, 1.82) is 0 Å². The first kappa shape index (κ1) is 4.91. The molecule has 0 spiro atoms. The lowest BCUT2D eigenvalue weighted by atomic mass is 9.96. The van der Waals surface area contributed by atoms with Crippen molar-refractivity contribution in [2.45, 2.75) is 12.8 Å². The zero-order valence-corrected chi connectivity index (χ0v) is 4.35. The van der Waals surface area contributed by atoms with Crippen molar-refractivity contribution in [3.63, 3.8) is 0 Å². The van der Waals surface area contributed by atoms with Gasteiger partial charge >= 0.3 is 0 Å². The average Bonchev–Trinajstić information content (AvgIpc) is 1.90. The average molecular weight is 93.9 g/mol. The lowest BCUT2D eigenvalue weighted by Gasteiger charge is -1.90. The van der Waals surface area contributed by atoms with Crippen LogP contribution in [0, 0.1) is 0 Å². The Labute approximate surface area is 45.1 Å². The quantitative estimate of drug-likeness (QED) is 0.431. The molecule has 0 aromatic carbocycles. The van der Waals surface area contributed by atoms with Crippen molar-refractivity contribution in [3.8, 4) is 0 Å². The lowest BCUT2D eigenvalue weighted by molar-refractivity contribution is 0.815. The summed E-state index contributed by atoms with van der Waals surface area (Å²) < 4.78 is 0. The zero-order valence-electron chi connectivity index (χ0n) is 4.35. The highest BCUT2D eigenvalue weighted by Crippen LogP contribution is 1.90. The van der Waals surface area contributed by atoms with Gasteiger partial charge in [-0.05, 0) is 19.4 Å². The normalized spacial score (nSPS) is 20.6. The van der Waals surface area contributed by atoms with E-state index in [-0.39, 0.29) is 0 Å². The van der Waals surface area contributed by atoms with Crippen LogP contribution in [0.4, 0.5) is 0 Å². The summed E-state index contributed by atoms with van der Waals surface area (Å²) in [5.41, 5.74) is 0. The van der Waals surface area contributed by atoms with Crippen LogP contribution in [-0.4, -0.2) is 14.0 Å². The van der Waals surface area contributed by atoms with Crippen LogP contribution in [0.15, 0.2) is 12.1 Å². The van der Waals surface area contributed by atoms with Gasteiger partial charge in [0, 0.05) is 0 Å². The second-order valence-corrected chi connectivity index (χ2v) is 1.69. The van der Waals surface area contributed by atoms with E-state index < -0.39 is 0 Å². The topological polar surface area (TPSA) is 12.0 Å². The highest BCUT2D eigenvalue weighted by Gasteiger charge is 1.88. The number of rotatable bonds is 0. The molecule has 2 heteroatoms. The molecule has 0 fully saturated rings. The molecule has 7 heavy (non-hydrogen) atoms. The fourth-order valence-corrected chi connectivity index (χ4v) is 0.638. The second-order valence-electron chi connectivity index (χ2n) is 1.69. The molecule has 0 saturated carbocycles. The maximum atomic E-state index is 3.14. The molecule has 0 atom stereocenters. The Hall–Kier alpha value is -0.235. The van der Waals surface area contributed by atoms with Gasteiger partial charge in [0.05, 0.1) is 0 Å². The highest BCUT2D eigenvalue weighted by molar-refractivity contribution is 6.38. The van der Waals surface area contributed by atoms with Gasteiger partial charge in [0.15, 0.2) is 0 Å². The van der Waals surface area contributed by atoms with Crippen molar-refractivity contribution >= 4 is 7.41 Å². The summed E-state index contributed by atoms with van der Waals surface area (Å²) in [7, 11) is 1.99. The van der Waals surface area contributed by atoms with Gasteiger partial charge in [-0.2, -0.15) is 0 Å². The molecule has 37 valence electrons. The van der Waals surface area contributed by atoms with E-state index in [1.54, 1.807) is 0 Å². The molecule has 0 amide bonds. The first-order valence-corrected chi connectivity index (χ1v) is 2.72. The van der Waals surface area contributed by atoms with Gasteiger partial charge in [0.2, 0.25) is 7.41 Å². The Morgan fingerprint density at radius 3 is 3.57 bits per heavy atom. The molecule has 1 aliphatic rings. The fourth-order valence-electron chi connectivity index (χ4n) is 0.638. The molecule has 0 aromatic rings. The third-order valence-corrected chi connectivity index (χ3v) is 1.04. The lowest BCUT2D eigenvalue weighted by Crippen LogP contribution is -2.16. The summed E-state index contributed by atoms with van der Waals surface area (Å²) in [5.74, 6) is 2.06. The SMILES string of the molecule is [B]1C=CCCCN1. The van der Waals surface area contributed by atoms with Crippen LogP contribution in [0.2, 0.25) is 0 Å². The zero-order chi connectivity index (χ0) is 4.95. The Morgan fingerprint density at radius 1 is 1.57 bits per heavy atom. The molecule has 0 bridgehead atoms. The largest absolute Gasteiger partial charge is 0.357 e. The molecule has 1 nitrogen and oxygen atoms in total. The monoisotopic (exact) mass is 94.1 g/mol. The maximum Gasteiger partial charge on any atom is 0.236 e. The first-order chi connectivity index (χ1) is 3.50. The van der Waals surface area contributed by atoms with Crippen molar-refractivity contribution < 1.29 is 0 Å². The number of allylic oxidation sites excluding steroid dienone is 1. The van der Waals surface area contributed by atoms with E-state index in [2.05, 4.69) is 17.3 Å². The summed E-state index contributed by atoms with van der Waals surface area (Å²) >= 11 is 0. The van der Waals surface area contributed by atoms with Crippen molar-refractivity contribution in [3.05, 3.63) is 12.1 Å². The number of nitrogens with one attached hydrogen (secondary N) is 1. The van der Waals surface area contributed by atoms with Gasteiger partial charge in [0.25, 0.3) is 0 Å². The van der Waals surface area contributed by atoms with Crippen LogP contribution in [0.25, 0.3) is 0 Å². The minimum absolute atomic E-state index is 1.13. The van der Waals surface area contributed by atoms with Gasteiger partial charge in [-0.15, -0.1) is 5.98 Å². The van der Waals surface area contributed by atoms with E-state index in [0.29, 0.717) is 0 Å². The van der Waals surface area contributed by atoms with E-state index in [4.69, 9.17) is 0 Å². The summed E-state index contributed by atoms with van der Waals surface area (Å²) in [6.07, 6.45) is 4.68. The predicted molar refractivity (Wildman–Crippen MR) is 32.1 cm³/mol. The number of hydrogen-bond donors (Lipinski definition) is 1. The van der Waals surface area contributed by atoms with E-state index in [0.717, 1.165) is 6.54 Å². The highest BCUT2D eigenvalue weighted by atomic mass is 14.7. The first-order valence-electron chi connectivity index (χ1n) is 2.72. The molecule has 0 aromatic heterocycles. The van der Waals surface area contributed by atoms with E-state index in [1.165, 1.54) is 12.8 Å². The van der Waals surface area contributed by atoms with Gasteiger partial charge < -0.3 is 5.23 Å². The molecule has 0 unspecified atom stereocenters. The third kappa shape index (κ3) is 1.79. The van der Waals surface area contributed by atoms with E-state index in [9.17, 15) is 0 Å². The summed E-state index contributed by atoms with van der Waals surface area (Å²) in [6, 6.07) is 0. The minimum Gasteiger partial charge on any atom is -0.357 e. The van der Waals surface area contributed by atoms with Crippen molar-refractivity contribution in [2.24, 2.45) is 0 Å². The van der Waals surface area contributed by atoms with Crippen LogP contribution < -0.4 is 5.23 Å². The van der Waals surface area contributed by atoms with Crippen LogP contribution in [0.3, 0.4) is 0 Å². The second kappa shape index (κ2) is 2.86. The molecule has 1 aliphatic heterocycles. The summed E-state index contributed by atoms with van der Waals surface area (Å²) in [6.45, 7) is 1.13. The van der Waals surface area contributed by atoms with Gasteiger partial charge in [-0.1, -0.05) is 6.08 Å². The van der Waals surface area contributed by atoms with Gasteiger partial charge in [-0.3, -0.25) is 0 Å². The number of hydrogen-bond acceptors (Lipinski definition) is 1. The maximum absolute atomic E-state index is 3.14. The standard InChI is InChI=1S/C5H9BN/c1-2-4-6-7-5-3-1/h2,4,7H,1,3,5H2. The van der Waals surface area contributed by atoms with Crippen LogP contribution in [0.1, 0.15) is 12.8 Å². The molecule has 0 saturated heterocycles. The molecule has 1 heterocycles. The van der Waals surface area contributed by atoms with Crippen molar-refractivity contribution in [2.75, 3.05) is 6.54 Å². The Kier molecular flexibility index (Phi) is 2.01. The Morgan fingerprint density at radius 2 is 2.57 bits per heavy atom. The van der Waals surface area contributed by atoms with Gasteiger partial charge in [0.1, 0.15) is 0 Å². The molecule has 0 aliphatic carbocycles. The van der Waals surface area contributed by atoms with Crippen LogP contribution in [0.5, 0.6) is 0 Å². The molecular formula is C5H9BN. The van der Waals surface area contributed by atoms with Crippen LogP contribution >= 0.6 is 0 Å². The predicted octanol–water partition coefficient (Wildman–Crippen LogP) is 0.503. The van der Waals surface area contributed by atoms with Crippen molar-refractivity contribution in [1.82, 2.24) is 5.23 Å². The molecule has 1 rings (SSSR count). The smallest absolute Gasteiger partial charge is 0.236 e. The van der Waals surface area contributed by atoms with E-state index in [1.807, 2.05) is 7.41 Å². The Bertz CT molecular complexity index is 62.5. The van der Waals surface area contributed by atoms with E-state index >= 15 is 0 Å². The van der Waals surface area contributed by atoms with Crippen LogP contribution in [-0.2, 0) is 0 Å². The van der Waals surface area contributed by atoms with Gasteiger partial charge in [-0.25, -0.2) is 0 Å². The Balaban J connectivity index is 2.20.